The first-order valence-corrected chi connectivity index (χ1v) is 14.8. The number of nitrogens with zero attached hydrogens (tertiary/aromatic N) is 5. The summed E-state index contributed by atoms with van der Waals surface area (Å²) in [5, 5.41) is 10.2. The molecule has 1 N–H and O–H groups in total. The van der Waals surface area contributed by atoms with Gasteiger partial charge in [-0.1, -0.05) is 29.8 Å². The van der Waals surface area contributed by atoms with E-state index >= 15 is 0 Å². The normalized spacial score (nSPS) is 14.8. The zero-order valence-electron chi connectivity index (χ0n) is 20.7. The maximum atomic E-state index is 13.4. The Kier molecular flexibility index (Phi) is 7.97. The van der Waals surface area contributed by atoms with E-state index in [1.807, 2.05) is 0 Å². The molecule has 2 aromatic carbocycles. The van der Waals surface area contributed by atoms with Gasteiger partial charge in [0.2, 0.25) is 5.96 Å². The van der Waals surface area contributed by atoms with E-state index in [0.29, 0.717) is 23.0 Å². The molecule has 1 fully saturated rings. The number of hydrogen-bond acceptors (Lipinski definition) is 5. The summed E-state index contributed by atoms with van der Waals surface area (Å²) >= 11 is 7.18. The van der Waals surface area contributed by atoms with Gasteiger partial charge in [-0.3, -0.25) is 0 Å². The number of likely N-dealkylation sites (tertiary alicyclic amines) is 1. The van der Waals surface area contributed by atoms with E-state index < -0.39 is 21.9 Å². The fourth-order valence-electron chi connectivity index (χ4n) is 4.03. The molecule has 0 saturated carbocycles. The molecule has 0 atom stereocenters. The third-order valence-corrected chi connectivity index (χ3v) is 8.44. The van der Waals surface area contributed by atoms with Crippen LogP contribution in [0.4, 0.5) is 13.2 Å². The number of alkyl halides is 3. The SMILES string of the molecule is O=S(=O)(N=C(N/N=C/c1ccc(Cl)cc1)N1CCCC1)c1ccc(-n2nc(C(F)(F)F)cc2-c2cccs2)cc1. The molecule has 4 aromatic rings. The standard InChI is InChI=1S/C26H22ClF3N6O2S2/c27-19-7-5-18(6-8-19)17-31-32-25(35-13-1-2-14-35)34-40(37,38)21-11-9-20(10-12-21)36-22(23-4-3-15-39-23)16-24(33-36)26(28,29)30/h3-12,15-17H,1-2,13-14H2,(H,32,34)/b31-17+. The van der Waals surface area contributed by atoms with Gasteiger partial charge in [0.1, 0.15) is 0 Å². The topological polar surface area (TPSA) is 92.0 Å². The van der Waals surface area contributed by atoms with E-state index in [4.69, 9.17) is 11.6 Å². The predicted octanol–water partition coefficient (Wildman–Crippen LogP) is 6.04. The van der Waals surface area contributed by atoms with Crippen LogP contribution in [0.25, 0.3) is 16.3 Å². The third kappa shape index (κ3) is 6.37. The molecule has 8 nitrogen and oxygen atoms in total. The minimum atomic E-state index is -4.63. The summed E-state index contributed by atoms with van der Waals surface area (Å²) in [6.07, 6.45) is -1.35. The van der Waals surface area contributed by atoms with E-state index in [2.05, 4.69) is 20.0 Å². The van der Waals surface area contributed by atoms with E-state index in [1.165, 1.54) is 41.8 Å². The van der Waals surface area contributed by atoms with Crippen molar-refractivity contribution in [3.05, 3.63) is 88.4 Å². The van der Waals surface area contributed by atoms with E-state index in [1.54, 1.807) is 46.7 Å². The second-order valence-electron chi connectivity index (χ2n) is 8.80. The Hall–Kier alpha value is -3.68. The van der Waals surface area contributed by atoms with Crippen molar-refractivity contribution >= 4 is 45.1 Å². The molecule has 3 heterocycles. The number of aromatic nitrogens is 2. The summed E-state index contributed by atoms with van der Waals surface area (Å²) in [5.74, 6) is 0.0775. The lowest BCUT2D eigenvalue weighted by Crippen LogP contribution is -2.37. The van der Waals surface area contributed by atoms with Gasteiger partial charge < -0.3 is 4.90 Å². The number of hydrazone groups is 1. The summed E-state index contributed by atoms with van der Waals surface area (Å²) in [5.41, 5.74) is 2.97. The first kappa shape index (κ1) is 27.9. The van der Waals surface area contributed by atoms with Crippen molar-refractivity contribution < 1.29 is 21.6 Å². The first-order chi connectivity index (χ1) is 19.1. The fraction of sp³-hybridized carbons (Fsp3) is 0.192. The highest BCUT2D eigenvalue weighted by Crippen LogP contribution is 2.35. The van der Waals surface area contributed by atoms with Gasteiger partial charge in [-0.15, -0.1) is 15.7 Å². The monoisotopic (exact) mass is 606 g/mol. The molecule has 0 amide bonds. The predicted molar refractivity (Wildman–Crippen MR) is 149 cm³/mol. The molecule has 0 spiro atoms. The lowest BCUT2D eigenvalue weighted by atomic mass is 10.2. The third-order valence-electron chi connectivity index (χ3n) is 6.01. The zero-order valence-corrected chi connectivity index (χ0v) is 23.1. The van der Waals surface area contributed by atoms with Gasteiger partial charge in [-0.05, 0) is 72.3 Å². The summed E-state index contributed by atoms with van der Waals surface area (Å²) in [6.45, 7) is 1.23. The fourth-order valence-corrected chi connectivity index (χ4v) is 5.86. The molecule has 208 valence electrons. The Balaban J connectivity index is 1.43. The molecule has 0 aliphatic carbocycles. The second-order valence-corrected chi connectivity index (χ2v) is 11.8. The van der Waals surface area contributed by atoms with Gasteiger partial charge in [-0.2, -0.15) is 31.8 Å². The Morgan fingerprint density at radius 3 is 2.38 bits per heavy atom. The van der Waals surface area contributed by atoms with Crippen LogP contribution < -0.4 is 5.43 Å². The Labute approximate surface area is 237 Å². The van der Waals surface area contributed by atoms with E-state index in [0.717, 1.165) is 29.2 Å². The van der Waals surface area contributed by atoms with Crippen molar-refractivity contribution in [3.63, 3.8) is 0 Å². The molecule has 0 unspecified atom stereocenters. The van der Waals surface area contributed by atoms with Gasteiger partial charge in [0.15, 0.2) is 5.69 Å². The van der Waals surface area contributed by atoms with Gasteiger partial charge in [0.25, 0.3) is 10.0 Å². The largest absolute Gasteiger partial charge is 0.435 e. The maximum absolute atomic E-state index is 13.4. The minimum Gasteiger partial charge on any atom is -0.341 e. The number of guanidine groups is 1. The Morgan fingerprint density at radius 1 is 1.05 bits per heavy atom. The molecule has 0 radical (unpaired) electrons. The minimum absolute atomic E-state index is 0.0775. The zero-order chi connectivity index (χ0) is 28.3. The number of hydrogen-bond donors (Lipinski definition) is 1. The molecule has 5 rings (SSSR count). The van der Waals surface area contributed by atoms with Crippen LogP contribution in [0.2, 0.25) is 5.02 Å². The van der Waals surface area contributed by atoms with Crippen molar-refractivity contribution in [2.75, 3.05) is 13.1 Å². The van der Waals surface area contributed by atoms with Crippen LogP contribution in [-0.2, 0) is 16.2 Å². The number of sulfonamides is 1. The Morgan fingerprint density at radius 2 is 1.75 bits per heavy atom. The van der Waals surface area contributed by atoms with Crippen molar-refractivity contribution in [2.24, 2.45) is 9.50 Å². The van der Waals surface area contributed by atoms with Crippen LogP contribution in [0.3, 0.4) is 0 Å². The van der Waals surface area contributed by atoms with Crippen molar-refractivity contribution in [1.29, 1.82) is 0 Å². The summed E-state index contributed by atoms with van der Waals surface area (Å²) in [4.78, 5) is 2.25. The van der Waals surface area contributed by atoms with Crippen LogP contribution in [0, 0.1) is 0 Å². The average Bonchev–Trinajstić information content (AvgIpc) is 3.71. The van der Waals surface area contributed by atoms with E-state index in [9.17, 15) is 21.6 Å². The summed E-state index contributed by atoms with van der Waals surface area (Å²) in [7, 11) is -4.18. The lowest BCUT2D eigenvalue weighted by molar-refractivity contribution is -0.141. The van der Waals surface area contributed by atoms with Crippen LogP contribution >= 0.6 is 22.9 Å². The molecule has 1 aliphatic heterocycles. The summed E-state index contributed by atoms with van der Waals surface area (Å²) < 4.78 is 71.8. The van der Waals surface area contributed by atoms with Crippen molar-refractivity contribution in [3.8, 4) is 16.3 Å². The number of thiophene rings is 1. The van der Waals surface area contributed by atoms with Gasteiger partial charge >= 0.3 is 6.18 Å². The van der Waals surface area contributed by atoms with Gasteiger partial charge in [0.05, 0.1) is 27.4 Å². The average molecular weight is 607 g/mol. The molecular formula is C26H22ClF3N6O2S2. The molecule has 1 saturated heterocycles. The number of nitrogens with one attached hydrogen (secondary N) is 1. The molecule has 2 aromatic heterocycles. The molecule has 40 heavy (non-hydrogen) atoms. The highest BCUT2D eigenvalue weighted by molar-refractivity contribution is 7.90. The van der Waals surface area contributed by atoms with Crippen molar-refractivity contribution in [2.45, 2.75) is 23.9 Å². The van der Waals surface area contributed by atoms with Crippen molar-refractivity contribution in [1.82, 2.24) is 20.1 Å². The second kappa shape index (κ2) is 11.4. The van der Waals surface area contributed by atoms with Crippen LogP contribution in [0.1, 0.15) is 24.1 Å². The number of benzene rings is 2. The van der Waals surface area contributed by atoms with Gasteiger partial charge in [0, 0.05) is 18.1 Å². The van der Waals surface area contributed by atoms with Crippen LogP contribution in [0.5, 0.6) is 0 Å². The molecule has 0 bridgehead atoms. The summed E-state index contributed by atoms with van der Waals surface area (Å²) in [6, 6.07) is 16.7. The highest BCUT2D eigenvalue weighted by atomic mass is 35.5. The Bertz CT molecular complexity index is 1630. The first-order valence-electron chi connectivity index (χ1n) is 12.1. The quantitative estimate of drug-likeness (QED) is 0.164. The molecular weight excluding hydrogens is 585 g/mol. The number of halogens is 4. The lowest BCUT2D eigenvalue weighted by Gasteiger charge is -2.18. The van der Waals surface area contributed by atoms with E-state index in [-0.39, 0.29) is 22.2 Å². The highest BCUT2D eigenvalue weighted by Gasteiger charge is 2.35. The van der Waals surface area contributed by atoms with Gasteiger partial charge in [-0.25, -0.2) is 10.1 Å². The van der Waals surface area contributed by atoms with Crippen LogP contribution in [0.15, 0.2) is 86.5 Å². The molecule has 1 aliphatic rings. The maximum Gasteiger partial charge on any atom is 0.435 e. The smallest absolute Gasteiger partial charge is 0.341 e. The van der Waals surface area contributed by atoms with Crippen LogP contribution in [-0.4, -0.2) is 48.4 Å². The number of rotatable bonds is 6. The molecule has 14 heteroatoms.